The monoisotopic (exact) mass is 303 g/mol. The van der Waals surface area contributed by atoms with Crippen molar-refractivity contribution in [2.75, 3.05) is 7.05 Å². The molecule has 0 spiro atoms. The van der Waals surface area contributed by atoms with E-state index in [0.29, 0.717) is 10.6 Å². The van der Waals surface area contributed by atoms with Crippen molar-refractivity contribution < 1.29 is 4.39 Å². The molecule has 2 aromatic carbocycles. The summed E-state index contributed by atoms with van der Waals surface area (Å²) in [5.41, 5.74) is 3.04. The molecule has 0 radical (unpaired) electrons. The fourth-order valence-electron chi connectivity index (χ4n) is 2.94. The molecule has 1 atom stereocenters. The summed E-state index contributed by atoms with van der Waals surface area (Å²) in [6.45, 7) is 0. The number of nitrogens with one attached hydrogen (secondary N) is 1. The van der Waals surface area contributed by atoms with Crippen molar-refractivity contribution in [2.24, 2.45) is 0 Å². The molecule has 1 aliphatic carbocycles. The average molecular weight is 304 g/mol. The van der Waals surface area contributed by atoms with Crippen LogP contribution in [0.4, 0.5) is 4.39 Å². The van der Waals surface area contributed by atoms with Gasteiger partial charge in [-0.1, -0.05) is 42.3 Å². The zero-order valence-corrected chi connectivity index (χ0v) is 12.8. The van der Waals surface area contributed by atoms with Crippen LogP contribution in [0.3, 0.4) is 0 Å². The first kappa shape index (κ1) is 14.6. The van der Waals surface area contributed by atoms with Gasteiger partial charge < -0.3 is 5.32 Å². The van der Waals surface area contributed by atoms with Gasteiger partial charge >= 0.3 is 0 Å². The average Bonchev–Trinajstić information content (AvgIpc) is 2.43. The fourth-order valence-corrected chi connectivity index (χ4v) is 3.12. The molecule has 0 amide bonds. The molecule has 0 aliphatic heterocycles. The number of benzene rings is 2. The molecule has 1 N–H and O–H groups in total. The van der Waals surface area contributed by atoms with Gasteiger partial charge in [0.05, 0.1) is 6.04 Å². The van der Waals surface area contributed by atoms with Gasteiger partial charge in [0.15, 0.2) is 0 Å². The second-order valence-corrected chi connectivity index (χ2v) is 6.12. The third-order valence-electron chi connectivity index (χ3n) is 4.40. The maximum absolute atomic E-state index is 14.1. The molecular weight excluding hydrogens is 285 g/mol. The molecule has 1 unspecified atom stereocenters. The molecule has 1 aliphatic rings. The van der Waals surface area contributed by atoms with Crippen molar-refractivity contribution in [3.05, 3.63) is 70.0 Å². The first-order chi connectivity index (χ1) is 10.2. The summed E-state index contributed by atoms with van der Waals surface area (Å²) in [5.74, 6) is 0.483. The van der Waals surface area contributed by atoms with Gasteiger partial charge in [-0.05, 0) is 55.1 Å². The van der Waals surface area contributed by atoms with E-state index >= 15 is 0 Å². The van der Waals surface area contributed by atoms with Crippen LogP contribution in [0.5, 0.6) is 0 Å². The third kappa shape index (κ3) is 2.97. The first-order valence-corrected chi connectivity index (χ1v) is 7.79. The number of halogens is 2. The second kappa shape index (κ2) is 6.17. The zero-order valence-electron chi connectivity index (χ0n) is 12.1. The number of hydrogen-bond acceptors (Lipinski definition) is 1. The van der Waals surface area contributed by atoms with Gasteiger partial charge in [0.1, 0.15) is 5.82 Å². The lowest BCUT2D eigenvalue weighted by molar-refractivity contribution is 0.419. The summed E-state index contributed by atoms with van der Waals surface area (Å²) in [6.07, 6.45) is 3.91. The van der Waals surface area contributed by atoms with E-state index in [0.717, 1.165) is 11.5 Å². The highest BCUT2D eigenvalue weighted by molar-refractivity contribution is 6.30. The Morgan fingerprint density at radius 1 is 1.14 bits per heavy atom. The van der Waals surface area contributed by atoms with Crippen molar-refractivity contribution in [1.82, 2.24) is 5.32 Å². The van der Waals surface area contributed by atoms with Crippen LogP contribution in [0, 0.1) is 5.82 Å². The van der Waals surface area contributed by atoms with Crippen LogP contribution in [-0.2, 0) is 0 Å². The van der Waals surface area contributed by atoms with E-state index in [-0.39, 0.29) is 11.9 Å². The second-order valence-electron chi connectivity index (χ2n) is 5.68. The quantitative estimate of drug-likeness (QED) is 0.833. The molecule has 1 nitrogen and oxygen atoms in total. The van der Waals surface area contributed by atoms with E-state index in [2.05, 4.69) is 29.6 Å². The van der Waals surface area contributed by atoms with E-state index < -0.39 is 0 Å². The van der Waals surface area contributed by atoms with Gasteiger partial charge in [0, 0.05) is 10.6 Å². The Balaban J connectivity index is 1.90. The molecule has 1 saturated carbocycles. The summed E-state index contributed by atoms with van der Waals surface area (Å²) < 4.78 is 14.1. The van der Waals surface area contributed by atoms with E-state index in [4.69, 9.17) is 11.6 Å². The summed E-state index contributed by atoms with van der Waals surface area (Å²) in [6, 6.07) is 13.0. The summed E-state index contributed by atoms with van der Waals surface area (Å²) in [7, 11) is 1.84. The van der Waals surface area contributed by atoms with Crippen LogP contribution >= 0.6 is 11.6 Å². The molecule has 0 bridgehead atoms. The Morgan fingerprint density at radius 3 is 2.43 bits per heavy atom. The van der Waals surface area contributed by atoms with E-state index in [9.17, 15) is 4.39 Å². The van der Waals surface area contributed by atoms with Crippen molar-refractivity contribution in [3.8, 4) is 0 Å². The smallest absolute Gasteiger partial charge is 0.128 e. The van der Waals surface area contributed by atoms with Crippen LogP contribution in [0.1, 0.15) is 47.9 Å². The van der Waals surface area contributed by atoms with Crippen LogP contribution in [-0.4, -0.2) is 7.05 Å². The highest BCUT2D eigenvalue weighted by Crippen LogP contribution is 2.37. The molecule has 3 heteroatoms. The summed E-state index contributed by atoms with van der Waals surface area (Å²) >= 11 is 6.00. The number of rotatable bonds is 4. The lowest BCUT2D eigenvalue weighted by Crippen LogP contribution is -2.19. The van der Waals surface area contributed by atoms with E-state index in [1.54, 1.807) is 12.1 Å². The minimum absolute atomic E-state index is 0.181. The Labute approximate surface area is 130 Å². The lowest BCUT2D eigenvalue weighted by atomic mass is 9.79. The van der Waals surface area contributed by atoms with Gasteiger partial charge in [-0.3, -0.25) is 0 Å². The van der Waals surface area contributed by atoms with Gasteiger partial charge in [0.25, 0.3) is 0 Å². The van der Waals surface area contributed by atoms with Crippen molar-refractivity contribution in [3.63, 3.8) is 0 Å². The standard InChI is InChI=1S/C18H19ClFN/c1-21-18(16-11-15(19)9-10-17(16)20)14-7-5-13(6-8-14)12-3-2-4-12/h5-12,18,21H,2-4H2,1H3. The van der Waals surface area contributed by atoms with Crippen molar-refractivity contribution >= 4 is 11.6 Å². The SMILES string of the molecule is CNC(c1ccc(C2CCC2)cc1)c1cc(Cl)ccc1F. The molecule has 0 saturated heterocycles. The van der Waals surface area contributed by atoms with E-state index in [1.807, 2.05) is 7.05 Å². The molecule has 0 aromatic heterocycles. The number of hydrogen-bond donors (Lipinski definition) is 1. The molecule has 110 valence electrons. The normalized spacial score (nSPS) is 16.5. The minimum Gasteiger partial charge on any atom is -0.309 e. The third-order valence-corrected chi connectivity index (χ3v) is 4.64. The topological polar surface area (TPSA) is 12.0 Å². The van der Waals surface area contributed by atoms with Gasteiger partial charge in [-0.15, -0.1) is 0 Å². The zero-order chi connectivity index (χ0) is 14.8. The molecule has 3 rings (SSSR count). The lowest BCUT2D eigenvalue weighted by Gasteiger charge is -2.26. The Morgan fingerprint density at radius 2 is 1.86 bits per heavy atom. The van der Waals surface area contributed by atoms with Crippen molar-refractivity contribution in [2.45, 2.75) is 31.2 Å². The molecule has 0 heterocycles. The first-order valence-electron chi connectivity index (χ1n) is 7.41. The van der Waals surface area contributed by atoms with E-state index in [1.165, 1.54) is 30.9 Å². The van der Waals surface area contributed by atoms with Crippen molar-refractivity contribution in [1.29, 1.82) is 0 Å². The molecule has 2 aromatic rings. The van der Waals surface area contributed by atoms with Gasteiger partial charge in [-0.25, -0.2) is 4.39 Å². The van der Waals surface area contributed by atoms with Crippen LogP contribution in [0.2, 0.25) is 5.02 Å². The van der Waals surface area contributed by atoms with Gasteiger partial charge in [0.2, 0.25) is 0 Å². The fraction of sp³-hybridized carbons (Fsp3) is 0.333. The molecule has 1 fully saturated rings. The Bertz CT molecular complexity index is 620. The maximum atomic E-state index is 14.1. The summed E-state index contributed by atoms with van der Waals surface area (Å²) in [5, 5.41) is 3.73. The largest absolute Gasteiger partial charge is 0.309 e. The Kier molecular flexibility index (Phi) is 4.27. The Hall–Kier alpha value is -1.38. The highest BCUT2D eigenvalue weighted by Gasteiger charge is 2.21. The predicted octanol–water partition coefficient (Wildman–Crippen LogP) is 5.06. The molecular formula is C18H19ClFN. The molecule has 21 heavy (non-hydrogen) atoms. The summed E-state index contributed by atoms with van der Waals surface area (Å²) in [4.78, 5) is 0. The van der Waals surface area contributed by atoms with Crippen LogP contribution in [0.25, 0.3) is 0 Å². The van der Waals surface area contributed by atoms with Crippen LogP contribution < -0.4 is 5.32 Å². The minimum atomic E-state index is -0.234. The predicted molar refractivity (Wildman–Crippen MR) is 85.3 cm³/mol. The maximum Gasteiger partial charge on any atom is 0.128 e. The van der Waals surface area contributed by atoms with Crippen LogP contribution in [0.15, 0.2) is 42.5 Å². The van der Waals surface area contributed by atoms with Gasteiger partial charge in [-0.2, -0.15) is 0 Å². The highest BCUT2D eigenvalue weighted by atomic mass is 35.5.